The van der Waals surface area contributed by atoms with E-state index in [0.717, 1.165) is 154 Å². The first-order chi connectivity index (χ1) is 25.1. The predicted molar refractivity (Wildman–Crippen MR) is 212 cm³/mol. The van der Waals surface area contributed by atoms with Crippen LogP contribution in [0, 0.1) is 45.3 Å². The van der Waals surface area contributed by atoms with Gasteiger partial charge in [0.05, 0.1) is 34.8 Å². The molecule has 0 saturated heterocycles. The average molecular weight is 765 g/mol. The van der Waals surface area contributed by atoms with E-state index in [4.69, 9.17) is 21.0 Å². The number of sulfonamides is 2. The summed E-state index contributed by atoms with van der Waals surface area (Å²) in [6.45, 7) is 4.65. The molecule has 0 heterocycles. The molecule has 0 aliphatic heterocycles. The van der Waals surface area contributed by atoms with Gasteiger partial charge < -0.3 is 0 Å². The zero-order valence-electron chi connectivity index (χ0n) is 32.9. The number of unbranched alkanes of at least 4 members (excludes halogenated alkanes) is 24. The molecule has 10 nitrogen and oxygen atoms in total. The average Bonchev–Trinajstić information content (AvgIpc) is 3.13. The van der Waals surface area contributed by atoms with E-state index >= 15 is 0 Å². The molecule has 0 fully saturated rings. The molecule has 0 aromatic carbocycles. The van der Waals surface area contributed by atoms with Crippen molar-refractivity contribution < 1.29 is 16.8 Å². The maximum Gasteiger partial charge on any atom is 0.218 e. The van der Waals surface area contributed by atoms with Gasteiger partial charge in [0.25, 0.3) is 0 Å². The third-order valence-corrected chi connectivity index (χ3v) is 15.1. The fourth-order valence-corrected chi connectivity index (χ4v) is 10.8. The van der Waals surface area contributed by atoms with Gasteiger partial charge in [0, 0.05) is 51.9 Å². The number of nitrogens with zero attached hydrogens (tertiary/aromatic N) is 6. The van der Waals surface area contributed by atoms with Crippen molar-refractivity contribution >= 4 is 20.0 Å². The standard InChI is InChI=1S/C40H72N6O4S2/c1-39(51(47,48)45(35-27-19-11-3-7-15-23-31-41)36-28-20-12-4-8-16-24-32-42)40(2)52(49,50)46(37-29-21-13-5-9-17-25-33-43)38-30-22-14-6-10-18-26-34-44/h39-40H,3-30,35-38H2,1-2H3. The van der Waals surface area contributed by atoms with Gasteiger partial charge in [-0.3, -0.25) is 0 Å². The Bertz CT molecular complexity index is 1110. The quantitative estimate of drug-likeness (QED) is 0.0563. The monoisotopic (exact) mass is 765 g/mol. The fourth-order valence-electron chi connectivity index (χ4n) is 6.48. The van der Waals surface area contributed by atoms with Gasteiger partial charge in [-0.2, -0.15) is 21.0 Å². The molecule has 12 heteroatoms. The summed E-state index contributed by atoms with van der Waals surface area (Å²) >= 11 is 0. The maximum absolute atomic E-state index is 14.2. The van der Waals surface area contributed by atoms with Crippen LogP contribution >= 0.6 is 0 Å². The number of hydrogen-bond donors (Lipinski definition) is 0. The Labute approximate surface area is 320 Å². The summed E-state index contributed by atoms with van der Waals surface area (Å²) < 4.78 is 59.8. The van der Waals surface area contributed by atoms with Crippen molar-refractivity contribution in [3.05, 3.63) is 0 Å². The molecule has 0 amide bonds. The first-order valence-corrected chi connectivity index (χ1v) is 23.6. The Kier molecular flexibility index (Phi) is 31.9. The molecule has 52 heavy (non-hydrogen) atoms. The lowest BCUT2D eigenvalue weighted by atomic mass is 10.1. The van der Waals surface area contributed by atoms with Crippen LogP contribution in [0.4, 0.5) is 0 Å². The van der Waals surface area contributed by atoms with Crippen LogP contribution in [0.15, 0.2) is 0 Å². The highest BCUT2D eigenvalue weighted by molar-refractivity contribution is 7.93. The second-order valence-corrected chi connectivity index (χ2v) is 19.0. The second kappa shape index (κ2) is 33.4. The highest BCUT2D eigenvalue weighted by atomic mass is 32.2. The van der Waals surface area contributed by atoms with Crippen LogP contribution in [0.25, 0.3) is 0 Å². The highest BCUT2D eigenvalue weighted by Crippen LogP contribution is 2.24. The number of rotatable bonds is 37. The van der Waals surface area contributed by atoms with Crippen molar-refractivity contribution in [2.75, 3.05) is 26.2 Å². The Morgan fingerprint density at radius 2 is 0.519 bits per heavy atom. The largest absolute Gasteiger partial charge is 0.218 e. The Hall–Kier alpha value is -2.22. The molecule has 0 saturated carbocycles. The molecule has 0 radical (unpaired) electrons. The lowest BCUT2D eigenvalue weighted by Crippen LogP contribution is -2.49. The third kappa shape index (κ3) is 24.2. The summed E-state index contributed by atoms with van der Waals surface area (Å²) in [7, 11) is -7.79. The van der Waals surface area contributed by atoms with E-state index in [1.54, 1.807) is 22.5 Å². The molecule has 298 valence electrons. The van der Waals surface area contributed by atoms with E-state index in [2.05, 4.69) is 24.3 Å². The molecular formula is C40H72N6O4S2. The minimum Gasteiger partial charge on any atom is -0.212 e. The van der Waals surface area contributed by atoms with Crippen molar-refractivity contribution in [3.8, 4) is 24.3 Å². The summed E-state index contributed by atoms with van der Waals surface area (Å²) in [6, 6.07) is 8.70. The predicted octanol–water partition coefficient (Wildman–Crippen LogP) is 10.0. The molecule has 0 N–H and O–H groups in total. The van der Waals surface area contributed by atoms with Gasteiger partial charge in [0.15, 0.2) is 0 Å². The van der Waals surface area contributed by atoms with Crippen molar-refractivity contribution in [2.45, 2.75) is 204 Å². The van der Waals surface area contributed by atoms with E-state index in [9.17, 15) is 16.8 Å². The normalized spacial score (nSPS) is 13.0. The molecule has 0 aliphatic carbocycles. The number of hydrogen-bond acceptors (Lipinski definition) is 8. The van der Waals surface area contributed by atoms with Crippen molar-refractivity contribution in [2.24, 2.45) is 0 Å². The van der Waals surface area contributed by atoms with Gasteiger partial charge in [0.1, 0.15) is 0 Å². The van der Waals surface area contributed by atoms with Gasteiger partial charge in [0.2, 0.25) is 20.0 Å². The minimum atomic E-state index is -3.90. The molecule has 0 rings (SSSR count). The first kappa shape index (κ1) is 49.8. The van der Waals surface area contributed by atoms with E-state index in [-0.39, 0.29) is 0 Å². The van der Waals surface area contributed by atoms with E-state index in [0.29, 0.717) is 51.9 Å². The molecule has 2 atom stereocenters. The number of nitriles is 4. The van der Waals surface area contributed by atoms with E-state index in [1.807, 2.05) is 0 Å². The van der Waals surface area contributed by atoms with Gasteiger partial charge >= 0.3 is 0 Å². The lowest BCUT2D eigenvalue weighted by Gasteiger charge is -2.32. The van der Waals surface area contributed by atoms with Gasteiger partial charge in [-0.1, -0.05) is 103 Å². The second-order valence-electron chi connectivity index (χ2n) is 14.4. The molecule has 0 bridgehead atoms. The van der Waals surface area contributed by atoms with Crippen LogP contribution in [0.5, 0.6) is 0 Å². The molecule has 0 spiro atoms. The molecule has 0 aromatic heterocycles. The fraction of sp³-hybridized carbons (Fsp3) is 0.900. The zero-order chi connectivity index (χ0) is 38.8. The summed E-state index contributed by atoms with van der Waals surface area (Å²) in [6.07, 6.45) is 24.3. The Balaban J connectivity index is 5.58. The topological polar surface area (TPSA) is 170 Å². The minimum absolute atomic E-state index is 0.381. The van der Waals surface area contributed by atoms with Gasteiger partial charge in [-0.15, -0.1) is 0 Å². The summed E-state index contributed by atoms with van der Waals surface area (Å²) in [5.41, 5.74) is 0. The Morgan fingerprint density at radius 3 is 0.712 bits per heavy atom. The van der Waals surface area contributed by atoms with E-state index < -0.39 is 30.5 Å². The molecular weight excluding hydrogens is 693 g/mol. The summed E-state index contributed by atoms with van der Waals surface area (Å²) in [4.78, 5) is 0. The van der Waals surface area contributed by atoms with Crippen molar-refractivity contribution in [1.82, 2.24) is 8.61 Å². The van der Waals surface area contributed by atoms with Crippen LogP contribution < -0.4 is 0 Å². The van der Waals surface area contributed by atoms with Crippen LogP contribution in [-0.4, -0.2) is 62.1 Å². The third-order valence-electron chi connectivity index (χ3n) is 10.1. The van der Waals surface area contributed by atoms with Crippen molar-refractivity contribution in [3.63, 3.8) is 0 Å². The first-order valence-electron chi connectivity index (χ1n) is 20.6. The zero-order valence-corrected chi connectivity index (χ0v) is 34.5. The van der Waals surface area contributed by atoms with Crippen LogP contribution in [-0.2, 0) is 20.0 Å². The highest BCUT2D eigenvalue weighted by Gasteiger charge is 2.40. The molecule has 2 unspecified atom stereocenters. The van der Waals surface area contributed by atoms with Gasteiger partial charge in [-0.25, -0.2) is 25.4 Å². The van der Waals surface area contributed by atoms with Crippen LogP contribution in [0.3, 0.4) is 0 Å². The SMILES string of the molecule is CC(C(C)S(=O)(=O)N(CCCCCCCCC#N)CCCCCCCCC#N)S(=O)(=O)N(CCCCCCCCC#N)CCCCCCCCC#N. The van der Waals surface area contributed by atoms with Crippen LogP contribution in [0.1, 0.15) is 194 Å². The summed E-state index contributed by atoms with van der Waals surface area (Å²) in [5, 5.41) is 32.9. The van der Waals surface area contributed by atoms with Crippen LogP contribution in [0.2, 0.25) is 0 Å². The van der Waals surface area contributed by atoms with Crippen molar-refractivity contribution in [1.29, 1.82) is 21.0 Å². The Morgan fingerprint density at radius 1 is 0.346 bits per heavy atom. The summed E-state index contributed by atoms with van der Waals surface area (Å²) in [5.74, 6) is 0. The van der Waals surface area contributed by atoms with Gasteiger partial charge in [-0.05, 0) is 65.2 Å². The molecule has 0 aliphatic rings. The smallest absolute Gasteiger partial charge is 0.212 e. The van der Waals surface area contributed by atoms with E-state index in [1.165, 1.54) is 0 Å². The maximum atomic E-state index is 14.2. The molecule has 0 aromatic rings. The lowest BCUT2D eigenvalue weighted by molar-refractivity contribution is 0.368.